The minimum absolute atomic E-state index is 0.0585. The number of hydrogen-bond donors (Lipinski definition) is 2. The van der Waals surface area contributed by atoms with Gasteiger partial charge in [-0.15, -0.1) is 0 Å². The van der Waals surface area contributed by atoms with E-state index in [1.165, 1.54) is 10.9 Å². The van der Waals surface area contributed by atoms with Crippen LogP contribution in [0.5, 0.6) is 5.75 Å². The second kappa shape index (κ2) is 7.41. The van der Waals surface area contributed by atoms with Crippen molar-refractivity contribution in [2.24, 2.45) is 0 Å². The van der Waals surface area contributed by atoms with E-state index in [1.54, 1.807) is 14.2 Å². The van der Waals surface area contributed by atoms with Crippen LogP contribution in [0.25, 0.3) is 10.8 Å². The third-order valence-corrected chi connectivity index (χ3v) is 3.65. The van der Waals surface area contributed by atoms with Gasteiger partial charge in [0.05, 0.1) is 26.4 Å². The molecule has 0 spiro atoms. The van der Waals surface area contributed by atoms with Gasteiger partial charge in [-0.3, -0.25) is 0 Å². The van der Waals surface area contributed by atoms with E-state index < -0.39 is 0 Å². The number of fused-ring (bicyclic) bond motifs is 1. The minimum Gasteiger partial charge on any atom is -0.497 e. The van der Waals surface area contributed by atoms with E-state index in [9.17, 15) is 5.11 Å². The Balaban J connectivity index is 2.17. The number of ether oxygens (including phenoxy) is 2. The van der Waals surface area contributed by atoms with Crippen LogP contribution in [0.15, 0.2) is 36.4 Å². The summed E-state index contributed by atoms with van der Waals surface area (Å²) in [5.41, 5.74) is 1.18. The highest BCUT2D eigenvalue weighted by Crippen LogP contribution is 2.24. The van der Waals surface area contributed by atoms with Crippen LogP contribution in [0.2, 0.25) is 0 Å². The average molecular weight is 289 g/mol. The fraction of sp³-hybridized carbons (Fsp3) is 0.412. The van der Waals surface area contributed by atoms with Gasteiger partial charge in [0.25, 0.3) is 0 Å². The Labute approximate surface area is 125 Å². The highest BCUT2D eigenvalue weighted by molar-refractivity contribution is 5.84. The van der Waals surface area contributed by atoms with Gasteiger partial charge in [0.2, 0.25) is 0 Å². The molecule has 0 aromatic heterocycles. The van der Waals surface area contributed by atoms with Gasteiger partial charge in [-0.05, 0) is 41.5 Å². The van der Waals surface area contributed by atoms with E-state index >= 15 is 0 Å². The maximum atomic E-state index is 9.33. The highest BCUT2D eigenvalue weighted by Gasteiger charge is 2.12. The molecule has 0 amide bonds. The fourth-order valence-corrected chi connectivity index (χ4v) is 2.44. The summed E-state index contributed by atoms with van der Waals surface area (Å²) < 4.78 is 10.3. The Kier molecular flexibility index (Phi) is 5.56. The number of methoxy groups -OCH3 is 2. The van der Waals surface area contributed by atoms with Crippen LogP contribution in [0.3, 0.4) is 0 Å². The molecule has 2 unspecified atom stereocenters. The predicted octanol–water partition coefficient (Wildman–Crippen LogP) is 2.51. The van der Waals surface area contributed by atoms with E-state index in [4.69, 9.17) is 9.47 Å². The Hall–Kier alpha value is -1.62. The molecular formula is C17H23NO3. The molecule has 2 atom stereocenters. The van der Waals surface area contributed by atoms with E-state index in [2.05, 4.69) is 36.5 Å². The van der Waals surface area contributed by atoms with Crippen molar-refractivity contribution in [3.63, 3.8) is 0 Å². The van der Waals surface area contributed by atoms with Crippen molar-refractivity contribution >= 4 is 10.8 Å². The molecular weight excluding hydrogens is 266 g/mol. The monoisotopic (exact) mass is 289 g/mol. The van der Waals surface area contributed by atoms with E-state index in [1.807, 2.05) is 12.1 Å². The average Bonchev–Trinajstić information content (AvgIpc) is 2.53. The van der Waals surface area contributed by atoms with Crippen molar-refractivity contribution in [2.45, 2.75) is 19.0 Å². The normalized spacial score (nSPS) is 14.1. The second-order valence-corrected chi connectivity index (χ2v) is 5.20. The predicted molar refractivity (Wildman–Crippen MR) is 84.8 cm³/mol. The first-order chi connectivity index (χ1) is 10.2. The van der Waals surface area contributed by atoms with Crippen molar-refractivity contribution < 1.29 is 14.6 Å². The Bertz CT molecular complexity index is 585. The molecule has 2 rings (SSSR count). The first kappa shape index (κ1) is 15.8. The van der Waals surface area contributed by atoms with Gasteiger partial charge < -0.3 is 19.9 Å². The first-order valence-electron chi connectivity index (χ1n) is 7.11. The third kappa shape index (κ3) is 3.94. The fourth-order valence-electron chi connectivity index (χ4n) is 2.44. The summed E-state index contributed by atoms with van der Waals surface area (Å²) >= 11 is 0. The summed E-state index contributed by atoms with van der Waals surface area (Å²) in [6.07, 6.45) is 0. The van der Waals surface area contributed by atoms with Crippen molar-refractivity contribution in [2.75, 3.05) is 27.4 Å². The van der Waals surface area contributed by atoms with Gasteiger partial charge in [0.15, 0.2) is 0 Å². The number of benzene rings is 2. The SMILES string of the molecule is COCC(CO)NC(C)c1ccc2cc(OC)ccc2c1. The lowest BCUT2D eigenvalue weighted by atomic mass is 10.0. The summed E-state index contributed by atoms with van der Waals surface area (Å²) in [6, 6.07) is 12.5. The van der Waals surface area contributed by atoms with Crippen LogP contribution in [-0.4, -0.2) is 38.6 Å². The smallest absolute Gasteiger partial charge is 0.119 e. The molecule has 2 aromatic carbocycles. The van der Waals surface area contributed by atoms with E-state index in [-0.39, 0.29) is 18.7 Å². The van der Waals surface area contributed by atoms with Gasteiger partial charge in [0, 0.05) is 13.2 Å². The summed E-state index contributed by atoms with van der Waals surface area (Å²) in [6.45, 7) is 2.64. The molecule has 0 saturated heterocycles. The summed E-state index contributed by atoms with van der Waals surface area (Å²) in [7, 11) is 3.31. The summed E-state index contributed by atoms with van der Waals surface area (Å²) in [5.74, 6) is 0.863. The maximum absolute atomic E-state index is 9.33. The largest absolute Gasteiger partial charge is 0.497 e. The van der Waals surface area contributed by atoms with Crippen LogP contribution in [-0.2, 0) is 4.74 Å². The van der Waals surface area contributed by atoms with E-state index in [0.29, 0.717) is 6.61 Å². The highest BCUT2D eigenvalue weighted by atomic mass is 16.5. The molecule has 0 radical (unpaired) electrons. The van der Waals surface area contributed by atoms with Crippen molar-refractivity contribution in [3.05, 3.63) is 42.0 Å². The molecule has 114 valence electrons. The lowest BCUT2D eigenvalue weighted by Crippen LogP contribution is -2.38. The molecule has 0 fully saturated rings. The van der Waals surface area contributed by atoms with Crippen molar-refractivity contribution in [1.29, 1.82) is 0 Å². The molecule has 0 bridgehead atoms. The lowest BCUT2D eigenvalue weighted by molar-refractivity contribution is 0.123. The first-order valence-corrected chi connectivity index (χ1v) is 7.11. The minimum atomic E-state index is -0.0587. The summed E-state index contributed by atoms with van der Waals surface area (Å²) in [5, 5.41) is 15.0. The number of aliphatic hydroxyl groups is 1. The number of hydrogen-bond acceptors (Lipinski definition) is 4. The molecule has 0 heterocycles. The zero-order valence-corrected chi connectivity index (χ0v) is 12.8. The molecule has 2 N–H and O–H groups in total. The topological polar surface area (TPSA) is 50.7 Å². The van der Waals surface area contributed by atoms with Gasteiger partial charge >= 0.3 is 0 Å². The zero-order chi connectivity index (χ0) is 15.2. The zero-order valence-electron chi connectivity index (χ0n) is 12.8. The molecule has 2 aromatic rings. The van der Waals surface area contributed by atoms with Gasteiger partial charge in [0.1, 0.15) is 5.75 Å². The molecule has 4 nitrogen and oxygen atoms in total. The quantitative estimate of drug-likeness (QED) is 0.822. The maximum Gasteiger partial charge on any atom is 0.119 e. The van der Waals surface area contributed by atoms with Crippen LogP contribution in [0.1, 0.15) is 18.5 Å². The third-order valence-electron chi connectivity index (χ3n) is 3.65. The number of nitrogens with one attached hydrogen (secondary N) is 1. The van der Waals surface area contributed by atoms with Gasteiger partial charge in [-0.2, -0.15) is 0 Å². The number of aliphatic hydroxyl groups excluding tert-OH is 1. The van der Waals surface area contributed by atoms with Crippen LogP contribution in [0.4, 0.5) is 0 Å². The second-order valence-electron chi connectivity index (χ2n) is 5.20. The molecule has 0 aliphatic rings. The van der Waals surface area contributed by atoms with Crippen LogP contribution in [0, 0.1) is 0 Å². The Morgan fingerprint density at radius 1 is 1.10 bits per heavy atom. The van der Waals surface area contributed by atoms with E-state index in [0.717, 1.165) is 11.1 Å². The van der Waals surface area contributed by atoms with Gasteiger partial charge in [-0.25, -0.2) is 0 Å². The Morgan fingerprint density at radius 3 is 2.48 bits per heavy atom. The van der Waals surface area contributed by atoms with Crippen molar-refractivity contribution in [1.82, 2.24) is 5.32 Å². The molecule has 4 heteroatoms. The van der Waals surface area contributed by atoms with Crippen molar-refractivity contribution in [3.8, 4) is 5.75 Å². The lowest BCUT2D eigenvalue weighted by Gasteiger charge is -2.21. The molecule has 21 heavy (non-hydrogen) atoms. The molecule has 0 aliphatic heterocycles. The summed E-state index contributed by atoms with van der Waals surface area (Å²) in [4.78, 5) is 0. The molecule has 0 aliphatic carbocycles. The van der Waals surface area contributed by atoms with Crippen LogP contribution < -0.4 is 10.1 Å². The van der Waals surface area contributed by atoms with Gasteiger partial charge in [-0.1, -0.05) is 18.2 Å². The Morgan fingerprint density at radius 2 is 1.81 bits per heavy atom. The number of rotatable bonds is 7. The standard InChI is InChI=1S/C17H23NO3/c1-12(18-16(10-19)11-20-2)13-4-5-15-9-17(21-3)7-6-14(15)8-13/h4-9,12,16,18-19H,10-11H2,1-3H3. The molecule has 0 saturated carbocycles. The van der Waals surface area contributed by atoms with Crippen LogP contribution >= 0.6 is 0 Å².